The van der Waals surface area contributed by atoms with Crippen LogP contribution in [0.5, 0.6) is 0 Å². The third-order valence-corrected chi connectivity index (χ3v) is 5.64. The molecule has 1 heterocycles. The highest BCUT2D eigenvalue weighted by molar-refractivity contribution is 6.42. The van der Waals surface area contributed by atoms with Gasteiger partial charge in [0.15, 0.2) is 0 Å². The third kappa shape index (κ3) is 6.19. The monoisotopic (exact) mass is 438 g/mol. The summed E-state index contributed by atoms with van der Waals surface area (Å²) in [5.74, 6) is -0.143. The van der Waals surface area contributed by atoms with Gasteiger partial charge < -0.3 is 0 Å². The van der Waals surface area contributed by atoms with Crippen LogP contribution in [0.4, 0.5) is 0 Å². The number of benzene rings is 2. The molecule has 0 bridgehead atoms. The maximum absolute atomic E-state index is 12.1. The molecule has 0 atom stereocenters. The van der Waals surface area contributed by atoms with Crippen LogP contribution in [0.15, 0.2) is 47.6 Å². The summed E-state index contributed by atoms with van der Waals surface area (Å²) in [6.45, 7) is 4.59. The molecular formula is C20H21Cl3N4O. The van der Waals surface area contributed by atoms with E-state index in [1.807, 2.05) is 24.3 Å². The molecule has 0 saturated carbocycles. The van der Waals surface area contributed by atoms with Gasteiger partial charge in [-0.25, -0.2) is 5.43 Å². The fourth-order valence-corrected chi connectivity index (χ4v) is 3.49. The van der Waals surface area contributed by atoms with Gasteiger partial charge in [0.2, 0.25) is 0 Å². The van der Waals surface area contributed by atoms with Gasteiger partial charge >= 0.3 is 0 Å². The Balaban J connectivity index is 1.40. The average molecular weight is 440 g/mol. The summed E-state index contributed by atoms with van der Waals surface area (Å²) in [6, 6.07) is 13.1. The molecule has 1 N–H and O–H groups in total. The molecule has 0 radical (unpaired) electrons. The number of piperazine rings is 1. The number of hydrogen-bond acceptors (Lipinski definition) is 4. The minimum absolute atomic E-state index is 0.143. The van der Waals surface area contributed by atoms with E-state index in [1.54, 1.807) is 24.4 Å². The van der Waals surface area contributed by atoms with E-state index in [0.29, 0.717) is 16.6 Å². The molecule has 1 amide bonds. The summed E-state index contributed by atoms with van der Waals surface area (Å²) in [6.07, 6.45) is 1.54. The van der Waals surface area contributed by atoms with Crippen molar-refractivity contribution in [2.75, 3.05) is 32.7 Å². The van der Waals surface area contributed by atoms with Gasteiger partial charge in [-0.15, -0.1) is 0 Å². The maximum atomic E-state index is 12.1. The Morgan fingerprint density at radius 3 is 2.39 bits per heavy atom. The summed E-state index contributed by atoms with van der Waals surface area (Å²) >= 11 is 18.1. The van der Waals surface area contributed by atoms with E-state index in [9.17, 15) is 4.79 Å². The van der Waals surface area contributed by atoms with Crippen LogP contribution in [0.3, 0.4) is 0 Å². The zero-order valence-electron chi connectivity index (χ0n) is 15.2. The van der Waals surface area contributed by atoms with Crippen molar-refractivity contribution < 1.29 is 4.79 Å². The molecule has 5 nitrogen and oxygen atoms in total. The van der Waals surface area contributed by atoms with E-state index in [-0.39, 0.29) is 5.91 Å². The van der Waals surface area contributed by atoms with Crippen LogP contribution in [0, 0.1) is 0 Å². The topological polar surface area (TPSA) is 47.9 Å². The lowest BCUT2D eigenvalue weighted by atomic mass is 10.2. The minimum atomic E-state index is -0.143. The van der Waals surface area contributed by atoms with Gasteiger partial charge in [0.05, 0.1) is 22.8 Å². The second-order valence-corrected chi connectivity index (χ2v) is 7.83. The zero-order chi connectivity index (χ0) is 19.9. The van der Waals surface area contributed by atoms with Gasteiger partial charge in [0, 0.05) is 37.7 Å². The summed E-state index contributed by atoms with van der Waals surface area (Å²) in [4.78, 5) is 16.6. The number of carbonyl (C=O) groups is 1. The van der Waals surface area contributed by atoms with Gasteiger partial charge in [-0.2, -0.15) is 5.10 Å². The molecule has 0 spiro atoms. The Bertz CT molecular complexity index is 851. The Hall–Kier alpha value is -1.63. The van der Waals surface area contributed by atoms with Crippen LogP contribution in [0.2, 0.25) is 15.1 Å². The van der Waals surface area contributed by atoms with Gasteiger partial charge in [-0.3, -0.25) is 14.6 Å². The molecule has 2 aromatic rings. The maximum Gasteiger partial charge on any atom is 0.254 e. The Labute approximate surface area is 179 Å². The number of hydrogen-bond donors (Lipinski definition) is 1. The molecule has 0 unspecified atom stereocenters. The van der Waals surface area contributed by atoms with Crippen LogP contribution < -0.4 is 5.43 Å². The lowest BCUT2D eigenvalue weighted by Crippen LogP contribution is -2.48. The van der Waals surface area contributed by atoms with Crippen molar-refractivity contribution in [3.8, 4) is 0 Å². The minimum Gasteiger partial charge on any atom is -0.296 e. The predicted octanol–water partition coefficient (Wildman–Crippen LogP) is 3.91. The highest BCUT2D eigenvalue weighted by Gasteiger charge is 2.19. The molecule has 28 heavy (non-hydrogen) atoms. The van der Waals surface area contributed by atoms with Crippen molar-refractivity contribution in [3.63, 3.8) is 0 Å². The van der Waals surface area contributed by atoms with Gasteiger partial charge in [-0.1, -0.05) is 59.1 Å². The lowest BCUT2D eigenvalue weighted by Gasteiger charge is -2.34. The Kier molecular flexibility index (Phi) is 7.71. The highest BCUT2D eigenvalue weighted by atomic mass is 35.5. The molecule has 8 heteroatoms. The predicted molar refractivity (Wildman–Crippen MR) is 115 cm³/mol. The number of nitrogens with one attached hydrogen (secondary N) is 1. The van der Waals surface area contributed by atoms with Crippen LogP contribution in [-0.4, -0.2) is 54.6 Å². The molecule has 1 aliphatic rings. The molecule has 1 fully saturated rings. The molecule has 1 saturated heterocycles. The normalized spacial score (nSPS) is 15.8. The molecule has 0 aliphatic carbocycles. The Morgan fingerprint density at radius 2 is 1.68 bits per heavy atom. The smallest absolute Gasteiger partial charge is 0.254 e. The van der Waals surface area contributed by atoms with Gasteiger partial charge in [0.1, 0.15) is 0 Å². The van der Waals surface area contributed by atoms with Crippen molar-refractivity contribution in [2.24, 2.45) is 5.10 Å². The third-order valence-electron chi connectivity index (χ3n) is 4.53. The van der Waals surface area contributed by atoms with E-state index in [1.165, 1.54) is 0 Å². The largest absolute Gasteiger partial charge is 0.296 e. The zero-order valence-corrected chi connectivity index (χ0v) is 17.5. The highest BCUT2D eigenvalue weighted by Crippen LogP contribution is 2.21. The molecule has 2 aromatic carbocycles. The molecule has 3 rings (SSSR count). The first-order valence-electron chi connectivity index (χ1n) is 8.96. The van der Waals surface area contributed by atoms with Crippen molar-refractivity contribution in [3.05, 3.63) is 68.7 Å². The molecule has 148 valence electrons. The summed E-state index contributed by atoms with van der Waals surface area (Å²) in [7, 11) is 0. The van der Waals surface area contributed by atoms with Crippen molar-refractivity contribution in [2.45, 2.75) is 6.54 Å². The number of nitrogens with zero attached hydrogens (tertiary/aromatic N) is 3. The SMILES string of the molecule is O=C(CN1CCN(Cc2ccccc2Cl)CC1)NN=Cc1ccc(Cl)c(Cl)c1. The van der Waals surface area contributed by atoms with E-state index in [4.69, 9.17) is 34.8 Å². The average Bonchev–Trinajstić information content (AvgIpc) is 2.68. The second kappa shape index (κ2) is 10.2. The van der Waals surface area contributed by atoms with Crippen LogP contribution >= 0.6 is 34.8 Å². The number of hydrazone groups is 1. The van der Waals surface area contributed by atoms with E-state index in [0.717, 1.165) is 48.9 Å². The number of rotatable bonds is 6. The van der Waals surface area contributed by atoms with Crippen LogP contribution in [0.1, 0.15) is 11.1 Å². The molecule has 1 aliphatic heterocycles. The first kappa shape index (κ1) is 21.1. The fraction of sp³-hybridized carbons (Fsp3) is 0.300. The quantitative estimate of drug-likeness (QED) is 0.548. The van der Waals surface area contributed by atoms with Crippen molar-refractivity contribution in [1.29, 1.82) is 0 Å². The second-order valence-electron chi connectivity index (χ2n) is 6.61. The van der Waals surface area contributed by atoms with E-state index in [2.05, 4.69) is 20.3 Å². The number of halogens is 3. The van der Waals surface area contributed by atoms with Crippen molar-refractivity contribution >= 4 is 46.9 Å². The Morgan fingerprint density at radius 1 is 0.964 bits per heavy atom. The summed E-state index contributed by atoms with van der Waals surface area (Å²) < 4.78 is 0. The fourth-order valence-electron chi connectivity index (χ4n) is 2.98. The first-order valence-corrected chi connectivity index (χ1v) is 10.1. The van der Waals surface area contributed by atoms with E-state index < -0.39 is 0 Å². The molecular weight excluding hydrogens is 419 g/mol. The standard InChI is InChI=1S/C20H21Cl3N4O/c21-17-4-2-1-3-16(17)13-26-7-9-27(10-8-26)14-20(28)25-24-12-15-5-6-18(22)19(23)11-15/h1-6,11-12H,7-10,13-14H2,(H,25,28). The first-order chi connectivity index (χ1) is 13.5. The van der Waals surface area contributed by atoms with Crippen LogP contribution in [0.25, 0.3) is 0 Å². The van der Waals surface area contributed by atoms with Crippen LogP contribution in [-0.2, 0) is 11.3 Å². The summed E-state index contributed by atoms with van der Waals surface area (Å²) in [5.41, 5.74) is 4.45. The van der Waals surface area contributed by atoms with Gasteiger partial charge in [0.25, 0.3) is 5.91 Å². The molecule has 0 aromatic heterocycles. The number of carbonyl (C=O) groups excluding carboxylic acids is 1. The van der Waals surface area contributed by atoms with Gasteiger partial charge in [-0.05, 0) is 29.3 Å². The van der Waals surface area contributed by atoms with Crippen molar-refractivity contribution in [1.82, 2.24) is 15.2 Å². The van der Waals surface area contributed by atoms with E-state index >= 15 is 0 Å². The lowest BCUT2D eigenvalue weighted by molar-refractivity contribution is -0.122. The number of amides is 1. The summed E-state index contributed by atoms with van der Waals surface area (Å²) in [5, 5.41) is 5.71.